The fourth-order valence-electron chi connectivity index (χ4n) is 2.81. The molecule has 0 atom stereocenters. The summed E-state index contributed by atoms with van der Waals surface area (Å²) in [5.74, 6) is 0.641. The normalized spacial score (nSPS) is 10.9. The minimum Gasteiger partial charge on any atom is -0.497 e. The van der Waals surface area contributed by atoms with E-state index in [0.29, 0.717) is 24.4 Å². The van der Waals surface area contributed by atoms with Crippen molar-refractivity contribution in [2.24, 2.45) is 0 Å². The Balaban J connectivity index is 1.40. The minimum absolute atomic E-state index is 0.0746. The number of rotatable bonds is 6. The van der Waals surface area contributed by atoms with Gasteiger partial charge < -0.3 is 19.6 Å². The molecule has 0 unspecified atom stereocenters. The lowest BCUT2D eigenvalue weighted by molar-refractivity contribution is 0.0910. The van der Waals surface area contributed by atoms with E-state index < -0.39 is 5.91 Å². The molecule has 0 bridgehead atoms. The van der Waals surface area contributed by atoms with E-state index in [4.69, 9.17) is 9.26 Å². The number of amides is 1. The number of carbonyl (C=O) groups is 1. The van der Waals surface area contributed by atoms with Crippen LogP contribution in [0.5, 0.6) is 5.75 Å². The fraction of sp³-hybridized carbons (Fsp3) is 0.158. The number of pyridine rings is 1. The number of hydrogen-bond acceptors (Lipinski definition) is 6. The average Bonchev–Trinajstić information content (AvgIpc) is 3.36. The first kappa shape index (κ1) is 16.8. The standard InChI is InChI=1S/C19H17N5O3/c1-26-14-4-5-16-15(9-14)12(11-22-16)6-8-21-18(25)19-23-17(24-27-19)13-3-2-7-20-10-13/h2-5,7,9-11,22H,6,8H2,1H3,(H,21,25). The number of carbonyl (C=O) groups excluding carboxylic acids is 1. The fourth-order valence-corrected chi connectivity index (χ4v) is 2.81. The zero-order valence-corrected chi connectivity index (χ0v) is 14.6. The molecule has 1 aromatic carbocycles. The Bertz CT molecular complexity index is 1070. The molecule has 2 N–H and O–H groups in total. The molecule has 8 heteroatoms. The predicted molar refractivity (Wildman–Crippen MR) is 98.4 cm³/mol. The number of H-pyrrole nitrogens is 1. The lowest BCUT2D eigenvalue weighted by Gasteiger charge is -2.03. The molecule has 0 aliphatic heterocycles. The third-order valence-electron chi connectivity index (χ3n) is 4.19. The number of benzene rings is 1. The van der Waals surface area contributed by atoms with Gasteiger partial charge in [0.2, 0.25) is 5.82 Å². The van der Waals surface area contributed by atoms with Crippen molar-refractivity contribution in [3.05, 3.63) is 60.4 Å². The molecule has 1 amide bonds. The maximum absolute atomic E-state index is 12.2. The summed E-state index contributed by atoms with van der Waals surface area (Å²) >= 11 is 0. The van der Waals surface area contributed by atoms with Gasteiger partial charge in [-0.25, -0.2) is 0 Å². The number of nitrogens with one attached hydrogen (secondary N) is 2. The van der Waals surface area contributed by atoms with E-state index >= 15 is 0 Å². The Hall–Kier alpha value is -3.68. The smallest absolute Gasteiger partial charge is 0.316 e. The summed E-state index contributed by atoms with van der Waals surface area (Å²) in [5.41, 5.74) is 2.80. The lowest BCUT2D eigenvalue weighted by Crippen LogP contribution is -2.25. The average molecular weight is 363 g/mol. The number of aromatic nitrogens is 4. The molecule has 0 spiro atoms. The third kappa shape index (κ3) is 3.50. The molecule has 4 aromatic rings. The Morgan fingerprint density at radius 3 is 3.07 bits per heavy atom. The van der Waals surface area contributed by atoms with Gasteiger partial charge in [-0.15, -0.1) is 0 Å². The number of fused-ring (bicyclic) bond motifs is 1. The number of aromatic amines is 1. The predicted octanol–water partition coefficient (Wildman–Crippen LogP) is 2.59. The number of nitrogens with zero attached hydrogens (tertiary/aromatic N) is 3. The van der Waals surface area contributed by atoms with Crippen molar-refractivity contribution in [3.8, 4) is 17.1 Å². The SMILES string of the molecule is COc1ccc2[nH]cc(CCNC(=O)c3nc(-c4cccnc4)no3)c2c1. The Morgan fingerprint density at radius 2 is 2.26 bits per heavy atom. The maximum atomic E-state index is 12.2. The lowest BCUT2D eigenvalue weighted by atomic mass is 10.1. The largest absolute Gasteiger partial charge is 0.497 e. The highest BCUT2D eigenvalue weighted by Crippen LogP contribution is 2.23. The van der Waals surface area contributed by atoms with Gasteiger partial charge in [0.05, 0.1) is 7.11 Å². The molecule has 3 aromatic heterocycles. The van der Waals surface area contributed by atoms with Crippen LogP contribution >= 0.6 is 0 Å². The van der Waals surface area contributed by atoms with Gasteiger partial charge in [-0.05, 0) is 42.3 Å². The summed E-state index contributed by atoms with van der Waals surface area (Å²) in [6, 6.07) is 9.40. The summed E-state index contributed by atoms with van der Waals surface area (Å²) in [7, 11) is 1.64. The van der Waals surface area contributed by atoms with E-state index in [-0.39, 0.29) is 5.89 Å². The number of ether oxygens (including phenoxy) is 1. The molecule has 136 valence electrons. The van der Waals surface area contributed by atoms with Crippen LogP contribution < -0.4 is 10.1 Å². The second-order valence-corrected chi connectivity index (χ2v) is 5.90. The van der Waals surface area contributed by atoms with Crippen molar-refractivity contribution in [1.82, 2.24) is 25.4 Å². The van der Waals surface area contributed by atoms with Gasteiger partial charge in [0.1, 0.15) is 5.75 Å². The summed E-state index contributed by atoms with van der Waals surface area (Å²) in [5, 5.41) is 7.69. The highest BCUT2D eigenvalue weighted by Gasteiger charge is 2.16. The van der Waals surface area contributed by atoms with Crippen LogP contribution in [0.25, 0.3) is 22.3 Å². The molecule has 8 nitrogen and oxygen atoms in total. The monoisotopic (exact) mass is 363 g/mol. The molecule has 0 fully saturated rings. The molecule has 27 heavy (non-hydrogen) atoms. The van der Waals surface area contributed by atoms with Gasteiger partial charge in [0, 0.05) is 41.6 Å². The van der Waals surface area contributed by atoms with Crippen LogP contribution in [0, 0.1) is 0 Å². The zero-order valence-electron chi connectivity index (χ0n) is 14.6. The van der Waals surface area contributed by atoms with Crippen LogP contribution in [0.15, 0.2) is 53.4 Å². The molecule has 0 aliphatic rings. The van der Waals surface area contributed by atoms with Gasteiger partial charge in [-0.1, -0.05) is 5.16 Å². The zero-order chi connectivity index (χ0) is 18.6. The molecule has 3 heterocycles. The topological polar surface area (TPSA) is 106 Å². The first-order valence-corrected chi connectivity index (χ1v) is 8.41. The minimum atomic E-state index is -0.407. The van der Waals surface area contributed by atoms with E-state index in [1.165, 1.54) is 0 Å². The van der Waals surface area contributed by atoms with Gasteiger partial charge in [0.25, 0.3) is 0 Å². The second-order valence-electron chi connectivity index (χ2n) is 5.90. The van der Waals surface area contributed by atoms with Crippen molar-refractivity contribution in [3.63, 3.8) is 0 Å². The molecule has 4 rings (SSSR count). The first-order valence-electron chi connectivity index (χ1n) is 8.41. The van der Waals surface area contributed by atoms with E-state index in [9.17, 15) is 4.79 Å². The van der Waals surface area contributed by atoms with Crippen molar-refractivity contribution in [1.29, 1.82) is 0 Å². The Kier molecular flexibility index (Phi) is 4.52. The van der Waals surface area contributed by atoms with E-state index in [2.05, 4.69) is 25.4 Å². The Morgan fingerprint density at radius 1 is 1.33 bits per heavy atom. The van der Waals surface area contributed by atoms with Crippen LogP contribution in [-0.4, -0.2) is 39.7 Å². The van der Waals surface area contributed by atoms with E-state index in [0.717, 1.165) is 22.2 Å². The summed E-state index contributed by atoms with van der Waals surface area (Å²) in [6.07, 6.45) is 5.85. The van der Waals surface area contributed by atoms with Crippen LogP contribution in [0.1, 0.15) is 16.2 Å². The van der Waals surface area contributed by atoms with Crippen molar-refractivity contribution in [2.45, 2.75) is 6.42 Å². The highest BCUT2D eigenvalue weighted by atomic mass is 16.5. The highest BCUT2D eigenvalue weighted by molar-refractivity contribution is 5.90. The molecular weight excluding hydrogens is 346 g/mol. The number of methoxy groups -OCH3 is 1. The van der Waals surface area contributed by atoms with Crippen LogP contribution in [0.3, 0.4) is 0 Å². The summed E-state index contributed by atoms with van der Waals surface area (Å²) in [4.78, 5) is 23.6. The third-order valence-corrected chi connectivity index (χ3v) is 4.19. The molecule has 0 aliphatic carbocycles. The van der Waals surface area contributed by atoms with Crippen molar-refractivity contribution in [2.75, 3.05) is 13.7 Å². The van der Waals surface area contributed by atoms with Gasteiger partial charge in [-0.2, -0.15) is 4.98 Å². The van der Waals surface area contributed by atoms with E-state index in [1.54, 1.807) is 31.6 Å². The molecule has 0 radical (unpaired) electrons. The summed E-state index contributed by atoms with van der Waals surface area (Å²) in [6.45, 7) is 0.438. The quantitative estimate of drug-likeness (QED) is 0.545. The van der Waals surface area contributed by atoms with Gasteiger partial charge in [0.15, 0.2) is 0 Å². The molecule has 0 saturated carbocycles. The second kappa shape index (κ2) is 7.28. The van der Waals surface area contributed by atoms with Gasteiger partial charge in [-0.3, -0.25) is 9.78 Å². The van der Waals surface area contributed by atoms with Crippen molar-refractivity contribution < 1.29 is 14.1 Å². The van der Waals surface area contributed by atoms with E-state index in [1.807, 2.05) is 24.4 Å². The summed E-state index contributed by atoms with van der Waals surface area (Å²) < 4.78 is 10.3. The van der Waals surface area contributed by atoms with Crippen LogP contribution in [0.2, 0.25) is 0 Å². The first-order chi connectivity index (χ1) is 13.2. The Labute approximate surface area is 154 Å². The molecule has 0 saturated heterocycles. The van der Waals surface area contributed by atoms with Gasteiger partial charge >= 0.3 is 11.8 Å². The van der Waals surface area contributed by atoms with Crippen LogP contribution in [0.4, 0.5) is 0 Å². The molecular formula is C19H17N5O3. The number of hydrogen-bond donors (Lipinski definition) is 2. The van der Waals surface area contributed by atoms with Crippen molar-refractivity contribution >= 4 is 16.8 Å². The van der Waals surface area contributed by atoms with Crippen LogP contribution in [-0.2, 0) is 6.42 Å². The maximum Gasteiger partial charge on any atom is 0.316 e.